The molecule has 0 bridgehead atoms. The number of rotatable bonds is 3. The lowest BCUT2D eigenvalue weighted by atomic mass is 9.98. The number of carbonyl (C=O) groups excluding carboxylic acids is 2. The number of hydrogen-bond donors (Lipinski definition) is 0. The Labute approximate surface area is 196 Å². The molecule has 1 aromatic heterocycles. The first kappa shape index (κ1) is 21.6. The van der Waals surface area contributed by atoms with Crippen LogP contribution < -0.4 is 4.74 Å². The van der Waals surface area contributed by atoms with Gasteiger partial charge in [0.25, 0.3) is 11.8 Å². The maximum Gasteiger partial charge on any atom is 0.282 e. The normalized spacial score (nSPS) is 16.7. The molecule has 1 saturated heterocycles. The summed E-state index contributed by atoms with van der Waals surface area (Å²) < 4.78 is 12.5. The SMILES string of the molecule is CN(C)C(=O)c1ccc(-c2ccc3c(c2)COC2(CCN(C(=O)c4nccs4)CC2)O3)cc1. The number of fused-ring (bicyclic) bond motifs is 1. The highest BCUT2D eigenvalue weighted by molar-refractivity contribution is 7.11. The van der Waals surface area contributed by atoms with Gasteiger partial charge in [-0.05, 0) is 35.4 Å². The number of benzene rings is 2. The smallest absolute Gasteiger partial charge is 0.282 e. The standard InChI is InChI=1S/C25H25N3O4S/c1-27(2)23(29)18-5-3-17(4-6-18)19-7-8-21-20(15-19)16-31-25(32-21)9-12-28(13-10-25)24(30)22-26-11-14-33-22/h3-8,11,14-15H,9-10,12-13,16H2,1-2H3. The van der Waals surface area contributed by atoms with Crippen molar-refractivity contribution in [3.8, 4) is 16.9 Å². The zero-order valence-electron chi connectivity index (χ0n) is 18.6. The molecule has 3 heterocycles. The van der Waals surface area contributed by atoms with Gasteiger partial charge in [-0.25, -0.2) is 4.98 Å². The second-order valence-electron chi connectivity index (χ2n) is 8.53. The van der Waals surface area contributed by atoms with Crippen molar-refractivity contribution in [2.45, 2.75) is 25.2 Å². The average Bonchev–Trinajstić information content (AvgIpc) is 3.38. The van der Waals surface area contributed by atoms with Crippen molar-refractivity contribution in [2.24, 2.45) is 0 Å². The first-order chi connectivity index (χ1) is 15.9. The molecule has 2 aliphatic rings. The van der Waals surface area contributed by atoms with Crippen LogP contribution in [-0.4, -0.2) is 59.6 Å². The molecule has 1 spiro atoms. The fourth-order valence-corrected chi connectivity index (χ4v) is 4.84. The summed E-state index contributed by atoms with van der Waals surface area (Å²) in [7, 11) is 3.49. The van der Waals surface area contributed by atoms with E-state index in [9.17, 15) is 9.59 Å². The number of amides is 2. The van der Waals surface area contributed by atoms with Gasteiger partial charge in [-0.15, -0.1) is 11.3 Å². The van der Waals surface area contributed by atoms with Gasteiger partial charge in [0.05, 0.1) is 6.61 Å². The molecule has 0 unspecified atom stereocenters. The largest absolute Gasteiger partial charge is 0.462 e. The molecule has 33 heavy (non-hydrogen) atoms. The second kappa shape index (κ2) is 8.61. The van der Waals surface area contributed by atoms with Crippen molar-refractivity contribution in [3.05, 3.63) is 70.2 Å². The monoisotopic (exact) mass is 463 g/mol. The van der Waals surface area contributed by atoms with Crippen LogP contribution >= 0.6 is 11.3 Å². The molecule has 0 N–H and O–H groups in total. The van der Waals surface area contributed by atoms with E-state index in [2.05, 4.69) is 11.1 Å². The molecule has 7 nitrogen and oxygen atoms in total. The average molecular weight is 464 g/mol. The zero-order chi connectivity index (χ0) is 23.0. The highest BCUT2D eigenvalue weighted by Gasteiger charge is 2.42. The van der Waals surface area contributed by atoms with Gasteiger partial charge in [-0.2, -0.15) is 0 Å². The Bertz CT molecular complexity index is 1170. The van der Waals surface area contributed by atoms with Gasteiger partial charge in [0.2, 0.25) is 5.79 Å². The van der Waals surface area contributed by atoms with Crippen LogP contribution in [-0.2, 0) is 11.3 Å². The molecule has 5 rings (SSSR count). The quantitative estimate of drug-likeness (QED) is 0.586. The van der Waals surface area contributed by atoms with E-state index in [-0.39, 0.29) is 11.8 Å². The number of ether oxygens (including phenoxy) is 2. The predicted octanol–water partition coefficient (Wildman–Crippen LogP) is 4.05. The zero-order valence-corrected chi connectivity index (χ0v) is 19.4. The number of thiazole rings is 1. The maximum absolute atomic E-state index is 12.6. The molecule has 0 saturated carbocycles. The highest BCUT2D eigenvalue weighted by Crippen LogP contribution is 2.39. The molecule has 1 fully saturated rings. The third-order valence-electron chi connectivity index (χ3n) is 6.15. The summed E-state index contributed by atoms with van der Waals surface area (Å²) in [6.45, 7) is 1.61. The topological polar surface area (TPSA) is 72.0 Å². The van der Waals surface area contributed by atoms with Crippen molar-refractivity contribution < 1.29 is 19.1 Å². The Morgan fingerprint density at radius 1 is 1.06 bits per heavy atom. The summed E-state index contributed by atoms with van der Waals surface area (Å²) in [5, 5.41) is 2.34. The third kappa shape index (κ3) is 4.24. The van der Waals surface area contributed by atoms with Gasteiger partial charge in [0.1, 0.15) is 5.75 Å². The van der Waals surface area contributed by atoms with E-state index < -0.39 is 5.79 Å². The van der Waals surface area contributed by atoms with E-state index in [1.807, 2.05) is 46.7 Å². The number of likely N-dealkylation sites (tertiary alicyclic amines) is 1. The lowest BCUT2D eigenvalue weighted by molar-refractivity contribution is -0.225. The minimum atomic E-state index is -0.692. The van der Waals surface area contributed by atoms with Crippen molar-refractivity contribution in [3.63, 3.8) is 0 Å². The lowest BCUT2D eigenvalue weighted by Gasteiger charge is -2.43. The summed E-state index contributed by atoms with van der Waals surface area (Å²) >= 11 is 1.36. The van der Waals surface area contributed by atoms with Crippen LogP contribution in [0, 0.1) is 0 Å². The van der Waals surface area contributed by atoms with Crippen LogP contribution in [0.4, 0.5) is 0 Å². The molecule has 2 aliphatic heterocycles. The lowest BCUT2D eigenvalue weighted by Crippen LogP contribution is -2.52. The minimum absolute atomic E-state index is 0.0153. The number of nitrogens with zero attached hydrogens (tertiary/aromatic N) is 3. The summed E-state index contributed by atoms with van der Waals surface area (Å²) in [5.74, 6) is 0.0872. The van der Waals surface area contributed by atoms with Crippen LogP contribution in [0.25, 0.3) is 11.1 Å². The van der Waals surface area contributed by atoms with E-state index in [1.54, 1.807) is 25.2 Å². The molecule has 8 heteroatoms. The number of carbonyl (C=O) groups is 2. The molecule has 0 aliphatic carbocycles. The number of hydrogen-bond acceptors (Lipinski definition) is 6. The molecule has 2 aromatic carbocycles. The number of aromatic nitrogens is 1. The number of piperidine rings is 1. The van der Waals surface area contributed by atoms with E-state index in [1.165, 1.54) is 11.3 Å². The summed E-state index contributed by atoms with van der Waals surface area (Å²) in [6, 6.07) is 13.7. The van der Waals surface area contributed by atoms with E-state index in [0.29, 0.717) is 43.1 Å². The van der Waals surface area contributed by atoms with Crippen LogP contribution in [0.3, 0.4) is 0 Å². The van der Waals surface area contributed by atoms with Crippen LogP contribution in [0.1, 0.15) is 38.6 Å². The van der Waals surface area contributed by atoms with Gasteiger partial charge >= 0.3 is 0 Å². The second-order valence-corrected chi connectivity index (χ2v) is 9.42. The highest BCUT2D eigenvalue weighted by atomic mass is 32.1. The molecule has 0 atom stereocenters. The predicted molar refractivity (Wildman–Crippen MR) is 125 cm³/mol. The first-order valence-corrected chi connectivity index (χ1v) is 11.8. The van der Waals surface area contributed by atoms with Crippen LogP contribution in [0.5, 0.6) is 5.75 Å². The third-order valence-corrected chi connectivity index (χ3v) is 6.91. The van der Waals surface area contributed by atoms with Gasteiger partial charge < -0.3 is 19.3 Å². The van der Waals surface area contributed by atoms with E-state index in [0.717, 1.165) is 22.4 Å². The van der Waals surface area contributed by atoms with Crippen molar-refractivity contribution in [1.82, 2.24) is 14.8 Å². The maximum atomic E-state index is 12.6. The Morgan fingerprint density at radius 3 is 2.45 bits per heavy atom. The van der Waals surface area contributed by atoms with Crippen LogP contribution in [0.2, 0.25) is 0 Å². The van der Waals surface area contributed by atoms with E-state index in [4.69, 9.17) is 9.47 Å². The molecule has 0 radical (unpaired) electrons. The van der Waals surface area contributed by atoms with Gasteiger partial charge in [-0.1, -0.05) is 18.2 Å². The van der Waals surface area contributed by atoms with Gasteiger partial charge in [0.15, 0.2) is 5.01 Å². The Morgan fingerprint density at radius 2 is 1.79 bits per heavy atom. The Balaban J connectivity index is 1.27. The summed E-state index contributed by atoms with van der Waals surface area (Å²) in [5.41, 5.74) is 3.73. The molecule has 2 amide bonds. The molecular weight excluding hydrogens is 438 g/mol. The summed E-state index contributed by atoms with van der Waals surface area (Å²) in [6.07, 6.45) is 2.89. The summed E-state index contributed by atoms with van der Waals surface area (Å²) in [4.78, 5) is 32.2. The minimum Gasteiger partial charge on any atom is -0.462 e. The molecule has 3 aromatic rings. The van der Waals surface area contributed by atoms with Crippen molar-refractivity contribution in [2.75, 3.05) is 27.2 Å². The Hall–Kier alpha value is -3.23. The fourth-order valence-electron chi connectivity index (χ4n) is 4.24. The van der Waals surface area contributed by atoms with Crippen molar-refractivity contribution >= 4 is 23.2 Å². The first-order valence-electron chi connectivity index (χ1n) is 10.9. The van der Waals surface area contributed by atoms with Crippen LogP contribution in [0.15, 0.2) is 54.0 Å². The van der Waals surface area contributed by atoms with Gasteiger partial charge in [-0.3, -0.25) is 9.59 Å². The Kier molecular flexibility index (Phi) is 5.64. The van der Waals surface area contributed by atoms with Crippen molar-refractivity contribution in [1.29, 1.82) is 0 Å². The molecular formula is C25H25N3O4S. The van der Waals surface area contributed by atoms with Gasteiger partial charge in [0, 0.05) is 62.7 Å². The fraction of sp³-hybridized carbons (Fsp3) is 0.320. The molecule has 170 valence electrons. The van der Waals surface area contributed by atoms with E-state index >= 15 is 0 Å².